The molecule has 0 N–H and O–H groups in total. The summed E-state index contributed by atoms with van der Waals surface area (Å²) >= 11 is 1.55. The fourth-order valence-corrected chi connectivity index (χ4v) is 2.40. The van der Waals surface area contributed by atoms with Crippen molar-refractivity contribution in [3.8, 4) is 5.19 Å². The Labute approximate surface area is 66.0 Å². The molecule has 2 nitrogen and oxygen atoms in total. The first kappa shape index (κ1) is 7.75. The lowest BCUT2D eigenvalue weighted by Gasteiger charge is -2.15. The van der Waals surface area contributed by atoms with Crippen LogP contribution in [-0.4, -0.2) is 13.3 Å². The highest BCUT2D eigenvalue weighted by Gasteiger charge is 2.16. The van der Waals surface area contributed by atoms with Crippen LogP contribution in [0.3, 0.4) is 0 Å². The molecular formula is C6H11NOSSi. The van der Waals surface area contributed by atoms with Crippen LogP contribution in [0.4, 0.5) is 0 Å². The number of hydrogen-bond acceptors (Lipinski definition) is 3. The van der Waals surface area contributed by atoms with E-state index in [-0.39, 0.29) is 0 Å². The minimum Gasteiger partial charge on any atom is -0.524 e. The van der Waals surface area contributed by atoms with Crippen LogP contribution in [0.2, 0.25) is 19.6 Å². The minimum absolute atomic E-state index is 0.805. The summed E-state index contributed by atoms with van der Waals surface area (Å²) in [5.74, 6) is 0. The van der Waals surface area contributed by atoms with Crippen LogP contribution in [0, 0.1) is 0 Å². The normalized spacial score (nSPS) is 11.5. The fourth-order valence-electron chi connectivity index (χ4n) is 0.523. The third kappa shape index (κ3) is 2.49. The van der Waals surface area contributed by atoms with E-state index in [1.165, 1.54) is 0 Å². The van der Waals surface area contributed by atoms with Gasteiger partial charge in [0.1, 0.15) is 0 Å². The Kier molecular flexibility index (Phi) is 2.10. The molecule has 1 aromatic heterocycles. The van der Waals surface area contributed by atoms with Crippen molar-refractivity contribution in [2.75, 3.05) is 0 Å². The molecule has 0 saturated heterocycles. The fraction of sp³-hybridized carbons (Fsp3) is 0.500. The lowest BCUT2D eigenvalue weighted by atomic mass is 11.0. The third-order valence-electron chi connectivity index (χ3n) is 0.803. The van der Waals surface area contributed by atoms with E-state index in [1.807, 2.05) is 5.38 Å². The quantitative estimate of drug-likeness (QED) is 0.640. The minimum atomic E-state index is -1.41. The van der Waals surface area contributed by atoms with Crippen molar-refractivity contribution in [3.05, 3.63) is 11.6 Å². The van der Waals surface area contributed by atoms with Gasteiger partial charge in [0.25, 0.3) is 5.19 Å². The van der Waals surface area contributed by atoms with Gasteiger partial charge in [-0.2, -0.15) is 0 Å². The van der Waals surface area contributed by atoms with E-state index in [1.54, 1.807) is 17.5 Å². The molecule has 0 spiro atoms. The monoisotopic (exact) mass is 173 g/mol. The van der Waals surface area contributed by atoms with Gasteiger partial charge < -0.3 is 4.43 Å². The van der Waals surface area contributed by atoms with Gasteiger partial charge in [0.05, 0.1) is 0 Å². The van der Waals surface area contributed by atoms with E-state index in [2.05, 4.69) is 24.6 Å². The maximum atomic E-state index is 5.59. The summed E-state index contributed by atoms with van der Waals surface area (Å²) in [5.41, 5.74) is 0. The van der Waals surface area contributed by atoms with Gasteiger partial charge in [-0.15, -0.1) is 0 Å². The Morgan fingerprint density at radius 1 is 1.50 bits per heavy atom. The summed E-state index contributed by atoms with van der Waals surface area (Å²) in [7, 11) is -1.41. The summed E-state index contributed by atoms with van der Waals surface area (Å²) in [4.78, 5) is 4.03. The molecule has 1 rings (SSSR count). The zero-order valence-corrected chi connectivity index (χ0v) is 8.23. The first-order chi connectivity index (χ1) is 4.58. The number of nitrogens with zero attached hydrogens (tertiary/aromatic N) is 1. The average Bonchev–Trinajstić information content (AvgIpc) is 2.12. The Bertz CT molecular complexity index is 192. The topological polar surface area (TPSA) is 22.1 Å². The Hall–Kier alpha value is -0.353. The molecule has 4 heteroatoms. The van der Waals surface area contributed by atoms with Crippen molar-refractivity contribution in [2.24, 2.45) is 0 Å². The molecule has 56 valence electrons. The molecule has 0 radical (unpaired) electrons. The third-order valence-corrected chi connectivity index (χ3v) is 2.40. The molecule has 0 aromatic carbocycles. The average molecular weight is 173 g/mol. The Morgan fingerprint density at radius 3 is 2.60 bits per heavy atom. The van der Waals surface area contributed by atoms with E-state index in [4.69, 9.17) is 4.43 Å². The summed E-state index contributed by atoms with van der Waals surface area (Å²) in [6.07, 6.45) is 1.76. The van der Waals surface area contributed by atoms with Crippen LogP contribution in [0.1, 0.15) is 0 Å². The van der Waals surface area contributed by atoms with Gasteiger partial charge in [-0.1, -0.05) is 11.3 Å². The molecule has 0 amide bonds. The van der Waals surface area contributed by atoms with Crippen molar-refractivity contribution in [1.82, 2.24) is 4.98 Å². The molecule has 0 aliphatic rings. The molecule has 10 heavy (non-hydrogen) atoms. The first-order valence-electron chi connectivity index (χ1n) is 3.16. The van der Waals surface area contributed by atoms with Gasteiger partial charge in [0.2, 0.25) is 8.32 Å². The van der Waals surface area contributed by atoms with E-state index in [0.29, 0.717) is 0 Å². The van der Waals surface area contributed by atoms with Crippen LogP contribution in [0.5, 0.6) is 5.19 Å². The van der Waals surface area contributed by atoms with E-state index >= 15 is 0 Å². The van der Waals surface area contributed by atoms with Crippen LogP contribution < -0.4 is 4.43 Å². The number of hydrogen-bond donors (Lipinski definition) is 0. The molecule has 1 aromatic rings. The van der Waals surface area contributed by atoms with Crippen LogP contribution in [-0.2, 0) is 0 Å². The zero-order chi connectivity index (χ0) is 7.61. The van der Waals surface area contributed by atoms with Crippen molar-refractivity contribution in [3.63, 3.8) is 0 Å². The van der Waals surface area contributed by atoms with Gasteiger partial charge in [-0.05, 0) is 19.6 Å². The molecule has 0 aliphatic heterocycles. The van der Waals surface area contributed by atoms with Gasteiger partial charge in [0, 0.05) is 11.6 Å². The first-order valence-corrected chi connectivity index (χ1v) is 7.45. The van der Waals surface area contributed by atoms with Gasteiger partial charge in [0.15, 0.2) is 0 Å². The van der Waals surface area contributed by atoms with Crippen molar-refractivity contribution in [1.29, 1.82) is 0 Å². The van der Waals surface area contributed by atoms with E-state index < -0.39 is 8.32 Å². The number of thiazole rings is 1. The van der Waals surface area contributed by atoms with Crippen LogP contribution in [0.15, 0.2) is 11.6 Å². The molecular weight excluding hydrogens is 162 g/mol. The lowest BCUT2D eigenvalue weighted by Crippen LogP contribution is -2.29. The maximum absolute atomic E-state index is 5.59. The molecule has 1 heterocycles. The van der Waals surface area contributed by atoms with E-state index in [0.717, 1.165) is 5.19 Å². The second-order valence-corrected chi connectivity index (χ2v) is 8.30. The Morgan fingerprint density at radius 2 is 2.20 bits per heavy atom. The van der Waals surface area contributed by atoms with Crippen LogP contribution in [0.25, 0.3) is 0 Å². The predicted molar refractivity (Wildman–Crippen MR) is 46.1 cm³/mol. The largest absolute Gasteiger partial charge is 0.524 e. The van der Waals surface area contributed by atoms with Gasteiger partial charge in [-0.25, -0.2) is 4.98 Å². The Balaban J connectivity index is 2.57. The van der Waals surface area contributed by atoms with Crippen molar-refractivity contribution < 1.29 is 4.43 Å². The molecule has 0 atom stereocenters. The molecule has 0 saturated carbocycles. The number of aromatic nitrogens is 1. The summed E-state index contributed by atoms with van der Waals surface area (Å²) in [6, 6.07) is 0. The highest BCUT2D eigenvalue weighted by molar-refractivity contribution is 7.11. The molecule has 0 bridgehead atoms. The molecule has 0 fully saturated rings. The number of rotatable bonds is 2. The summed E-state index contributed by atoms with van der Waals surface area (Å²) in [5, 5.41) is 2.73. The summed E-state index contributed by atoms with van der Waals surface area (Å²) in [6.45, 7) is 6.44. The van der Waals surface area contributed by atoms with Gasteiger partial charge in [-0.3, -0.25) is 0 Å². The second-order valence-electron chi connectivity index (χ2n) is 3.01. The van der Waals surface area contributed by atoms with Crippen molar-refractivity contribution in [2.45, 2.75) is 19.6 Å². The second kappa shape index (κ2) is 2.71. The van der Waals surface area contributed by atoms with Crippen molar-refractivity contribution >= 4 is 19.7 Å². The molecule has 0 unspecified atom stereocenters. The predicted octanol–water partition coefficient (Wildman–Crippen LogP) is 2.36. The highest BCUT2D eigenvalue weighted by Crippen LogP contribution is 2.17. The van der Waals surface area contributed by atoms with Gasteiger partial charge >= 0.3 is 0 Å². The van der Waals surface area contributed by atoms with E-state index in [9.17, 15) is 0 Å². The zero-order valence-electron chi connectivity index (χ0n) is 6.42. The molecule has 0 aliphatic carbocycles. The SMILES string of the molecule is C[Si](C)(C)Oc1nccs1. The standard InChI is InChI=1S/C6H11NOSSi/c1-10(2,3)8-6-7-4-5-9-6/h4-5H,1-3H3. The highest BCUT2D eigenvalue weighted by atomic mass is 32.1. The van der Waals surface area contributed by atoms with Crippen LogP contribution >= 0.6 is 11.3 Å². The lowest BCUT2D eigenvalue weighted by molar-refractivity contribution is 0.552. The maximum Gasteiger partial charge on any atom is 0.259 e. The smallest absolute Gasteiger partial charge is 0.259 e. The summed E-state index contributed by atoms with van der Waals surface area (Å²) < 4.78 is 5.59.